The maximum atomic E-state index is 13.2. The Labute approximate surface area is 202 Å². The van der Waals surface area contributed by atoms with Crippen LogP contribution in [-0.2, 0) is 22.4 Å². The quantitative estimate of drug-likeness (QED) is 0.538. The third-order valence-corrected chi connectivity index (χ3v) is 7.88. The van der Waals surface area contributed by atoms with E-state index in [1.54, 1.807) is 4.90 Å². The number of anilines is 1. The predicted octanol–water partition coefficient (Wildman–Crippen LogP) is 3.91. The maximum absolute atomic E-state index is 13.2. The first-order valence-corrected chi connectivity index (χ1v) is 12.6. The molecule has 8 nitrogen and oxygen atoms in total. The summed E-state index contributed by atoms with van der Waals surface area (Å²) in [6, 6.07) is 3.76. The lowest BCUT2D eigenvalue weighted by molar-refractivity contribution is -0.124. The van der Waals surface area contributed by atoms with Crippen LogP contribution in [0, 0.1) is 5.92 Å². The van der Waals surface area contributed by atoms with E-state index in [9.17, 15) is 4.79 Å². The molecule has 1 saturated heterocycles. The fourth-order valence-corrected chi connectivity index (χ4v) is 5.63. The van der Waals surface area contributed by atoms with Gasteiger partial charge in [-0.1, -0.05) is 13.3 Å². The number of morpholine rings is 1. The van der Waals surface area contributed by atoms with Crippen molar-refractivity contribution in [3.8, 4) is 11.5 Å². The van der Waals surface area contributed by atoms with Gasteiger partial charge in [-0.25, -0.2) is 4.98 Å². The minimum atomic E-state index is -0.210. The Morgan fingerprint density at radius 2 is 2.15 bits per heavy atom. The van der Waals surface area contributed by atoms with Crippen LogP contribution in [0.5, 0.6) is 0 Å². The molecule has 2 atom stereocenters. The lowest BCUT2D eigenvalue weighted by atomic mass is 9.85. The molecule has 0 radical (unpaired) electrons. The van der Waals surface area contributed by atoms with E-state index in [0.29, 0.717) is 19.1 Å². The van der Waals surface area contributed by atoms with Crippen LogP contribution in [0.3, 0.4) is 0 Å². The lowest BCUT2D eigenvalue weighted by Gasteiger charge is -2.33. The van der Waals surface area contributed by atoms with Crippen LogP contribution in [0.15, 0.2) is 16.6 Å². The molecule has 0 bridgehead atoms. The van der Waals surface area contributed by atoms with Crippen LogP contribution >= 0.6 is 15.9 Å². The number of rotatable bonds is 5. The molecule has 176 valence electrons. The summed E-state index contributed by atoms with van der Waals surface area (Å²) < 4.78 is 6.28. The van der Waals surface area contributed by atoms with Gasteiger partial charge < -0.3 is 14.6 Å². The molecule has 3 heterocycles. The van der Waals surface area contributed by atoms with Crippen LogP contribution in [-0.4, -0.2) is 70.4 Å². The van der Waals surface area contributed by atoms with Crippen LogP contribution in [0.4, 0.5) is 5.69 Å². The zero-order valence-electron chi connectivity index (χ0n) is 19.4. The number of hydrogen-bond donors (Lipinski definition) is 2. The fourth-order valence-electron chi connectivity index (χ4n) is 5.02. The van der Waals surface area contributed by atoms with Crippen molar-refractivity contribution in [2.24, 2.45) is 5.92 Å². The SMILES string of the molecule is CC[C@H]1CCc2[nH]nc(-c3nc4cc(N(C)C(=O)[C@H](C)N5CCOCC5)c(Br)cc4[nH]3)c2C1. The predicted molar refractivity (Wildman–Crippen MR) is 132 cm³/mol. The highest BCUT2D eigenvalue weighted by atomic mass is 79.9. The average molecular weight is 515 g/mol. The molecule has 1 amide bonds. The highest BCUT2D eigenvalue weighted by Gasteiger charge is 2.28. The second-order valence-corrected chi connectivity index (χ2v) is 10.0. The molecule has 0 spiro atoms. The van der Waals surface area contributed by atoms with Crippen LogP contribution in [0.25, 0.3) is 22.6 Å². The van der Waals surface area contributed by atoms with Crippen LogP contribution in [0.2, 0.25) is 0 Å². The molecule has 1 fully saturated rings. The summed E-state index contributed by atoms with van der Waals surface area (Å²) in [5.74, 6) is 1.53. The summed E-state index contributed by atoms with van der Waals surface area (Å²) in [7, 11) is 1.83. The van der Waals surface area contributed by atoms with Crippen LogP contribution < -0.4 is 4.90 Å². The van der Waals surface area contributed by atoms with Crippen molar-refractivity contribution in [3.63, 3.8) is 0 Å². The molecule has 9 heteroatoms. The van der Waals surface area contributed by atoms with E-state index in [1.807, 2.05) is 26.1 Å². The molecular weight excluding hydrogens is 484 g/mol. The Hall–Kier alpha value is -2.23. The average Bonchev–Trinajstić information content (AvgIpc) is 3.45. The highest BCUT2D eigenvalue weighted by Crippen LogP contribution is 2.35. The number of benzene rings is 1. The highest BCUT2D eigenvalue weighted by molar-refractivity contribution is 9.10. The number of halogens is 1. The molecule has 2 aliphatic rings. The number of nitrogens with one attached hydrogen (secondary N) is 2. The number of carbonyl (C=O) groups excluding carboxylic acids is 1. The maximum Gasteiger partial charge on any atom is 0.243 e. The number of nitrogens with zero attached hydrogens (tertiary/aromatic N) is 4. The molecular formula is C24H31BrN6O2. The van der Waals surface area contributed by atoms with E-state index in [1.165, 1.54) is 24.1 Å². The van der Waals surface area contributed by atoms with E-state index in [2.05, 4.69) is 42.9 Å². The summed E-state index contributed by atoms with van der Waals surface area (Å²) in [5, 5.41) is 7.83. The Bertz CT molecular complexity index is 1170. The number of carbonyl (C=O) groups is 1. The number of imidazole rings is 1. The van der Waals surface area contributed by atoms with Crippen LogP contribution in [0.1, 0.15) is 37.9 Å². The first-order chi connectivity index (χ1) is 16.0. The summed E-state index contributed by atoms with van der Waals surface area (Å²) >= 11 is 3.67. The van der Waals surface area contributed by atoms with Crippen molar-refractivity contribution in [2.45, 2.75) is 45.6 Å². The molecule has 0 saturated carbocycles. The van der Waals surface area contributed by atoms with Crippen molar-refractivity contribution in [1.82, 2.24) is 25.1 Å². The van der Waals surface area contributed by atoms with Crippen molar-refractivity contribution in [3.05, 3.63) is 27.9 Å². The lowest BCUT2D eigenvalue weighted by Crippen LogP contribution is -2.50. The number of H-pyrrole nitrogens is 2. The molecule has 1 aromatic carbocycles. The Kier molecular flexibility index (Phi) is 6.28. The van der Waals surface area contributed by atoms with Crippen molar-refractivity contribution in [1.29, 1.82) is 0 Å². The minimum absolute atomic E-state index is 0.0553. The van der Waals surface area contributed by atoms with Crippen molar-refractivity contribution >= 4 is 38.6 Å². The third-order valence-electron chi connectivity index (χ3n) is 7.24. The molecule has 2 N–H and O–H groups in total. The van der Waals surface area contributed by atoms with E-state index >= 15 is 0 Å². The number of aromatic nitrogens is 4. The van der Waals surface area contributed by atoms with Gasteiger partial charge in [-0.2, -0.15) is 5.10 Å². The molecule has 3 aromatic rings. The number of amides is 1. The smallest absolute Gasteiger partial charge is 0.243 e. The topological polar surface area (TPSA) is 90.1 Å². The van der Waals surface area contributed by atoms with Crippen molar-refractivity contribution in [2.75, 3.05) is 38.3 Å². The number of likely N-dealkylation sites (N-methyl/N-ethyl adjacent to an activating group) is 1. The van der Waals surface area contributed by atoms with E-state index in [-0.39, 0.29) is 11.9 Å². The Morgan fingerprint density at radius 1 is 1.36 bits per heavy atom. The third kappa shape index (κ3) is 4.22. The first kappa shape index (κ1) is 22.6. The normalized spacial score (nSPS) is 20.1. The summed E-state index contributed by atoms with van der Waals surface area (Å²) in [5.41, 5.74) is 5.99. The molecule has 1 aliphatic carbocycles. The second-order valence-electron chi connectivity index (χ2n) is 9.17. The number of aryl methyl sites for hydroxylation is 1. The van der Waals surface area contributed by atoms with E-state index < -0.39 is 0 Å². The van der Waals surface area contributed by atoms with Gasteiger partial charge in [0.25, 0.3) is 0 Å². The first-order valence-electron chi connectivity index (χ1n) is 11.8. The van der Waals surface area contributed by atoms with Gasteiger partial charge in [0.15, 0.2) is 5.82 Å². The van der Waals surface area contributed by atoms with Gasteiger partial charge in [0.2, 0.25) is 5.91 Å². The van der Waals surface area contributed by atoms with Gasteiger partial charge >= 0.3 is 0 Å². The van der Waals surface area contributed by atoms with E-state index in [0.717, 1.165) is 58.6 Å². The molecule has 2 aromatic heterocycles. The number of ether oxygens (including phenoxy) is 1. The van der Waals surface area contributed by atoms with Gasteiger partial charge in [0.05, 0.1) is 36.0 Å². The number of aromatic amines is 2. The number of fused-ring (bicyclic) bond motifs is 2. The van der Waals surface area contributed by atoms with Crippen molar-refractivity contribution < 1.29 is 9.53 Å². The summed E-state index contributed by atoms with van der Waals surface area (Å²) in [6.45, 7) is 7.11. The number of hydrogen-bond acceptors (Lipinski definition) is 5. The Balaban J connectivity index is 1.43. The standard InChI is InChI=1S/C24H31BrN6O2/c1-4-15-5-6-18-16(11-15)22(29-28-18)23-26-19-12-17(25)21(13-20(19)27-23)30(3)24(32)14(2)31-7-9-33-10-8-31/h12-15H,4-11H2,1-3H3,(H,26,27)(H,28,29)/t14-,15-/m0/s1. The molecule has 33 heavy (non-hydrogen) atoms. The monoisotopic (exact) mass is 514 g/mol. The fraction of sp³-hybridized carbons (Fsp3) is 0.542. The largest absolute Gasteiger partial charge is 0.379 e. The van der Waals surface area contributed by atoms with Gasteiger partial charge in [0.1, 0.15) is 5.69 Å². The van der Waals surface area contributed by atoms with Gasteiger partial charge in [-0.05, 0) is 60.2 Å². The van der Waals surface area contributed by atoms with Gasteiger partial charge in [-0.3, -0.25) is 14.8 Å². The minimum Gasteiger partial charge on any atom is -0.379 e. The second kappa shape index (κ2) is 9.19. The molecule has 1 aliphatic heterocycles. The molecule has 0 unspecified atom stereocenters. The Morgan fingerprint density at radius 3 is 2.91 bits per heavy atom. The van der Waals surface area contributed by atoms with Gasteiger partial charge in [-0.15, -0.1) is 0 Å². The van der Waals surface area contributed by atoms with E-state index in [4.69, 9.17) is 9.72 Å². The zero-order chi connectivity index (χ0) is 23.1. The summed E-state index contributed by atoms with van der Waals surface area (Å²) in [4.78, 5) is 25.4. The molecule has 5 rings (SSSR count). The zero-order valence-corrected chi connectivity index (χ0v) is 21.0. The van der Waals surface area contributed by atoms with Gasteiger partial charge in [0, 0.05) is 35.9 Å². The summed E-state index contributed by atoms with van der Waals surface area (Å²) in [6.07, 6.45) is 4.49.